The molecule has 0 aliphatic carbocycles. The van der Waals surface area contributed by atoms with Crippen LogP contribution in [0, 0.1) is 0 Å². The van der Waals surface area contributed by atoms with Crippen molar-refractivity contribution in [2.75, 3.05) is 19.6 Å². The minimum Gasteiger partial charge on any atom is -0.338 e. The average molecular weight is 340 g/mol. The van der Waals surface area contributed by atoms with Crippen molar-refractivity contribution < 1.29 is 9.59 Å². The van der Waals surface area contributed by atoms with Crippen molar-refractivity contribution in [1.29, 1.82) is 0 Å². The van der Waals surface area contributed by atoms with E-state index in [1.54, 1.807) is 0 Å². The van der Waals surface area contributed by atoms with Gasteiger partial charge in [-0.2, -0.15) is 0 Å². The molecule has 0 atom stereocenters. The van der Waals surface area contributed by atoms with E-state index in [1.165, 1.54) is 11.3 Å². The highest BCUT2D eigenvalue weighted by atomic mass is 32.1. The second kappa shape index (κ2) is 6.40. The summed E-state index contributed by atoms with van der Waals surface area (Å²) in [5, 5.41) is 1.93. The number of carbonyl (C=O) groups is 2. The molecule has 5 heteroatoms. The van der Waals surface area contributed by atoms with Crippen LogP contribution >= 0.6 is 11.3 Å². The van der Waals surface area contributed by atoms with Crippen molar-refractivity contribution in [3.8, 4) is 0 Å². The fraction of sp³-hybridized carbons (Fsp3) is 0.368. The summed E-state index contributed by atoms with van der Waals surface area (Å²) in [6.07, 6.45) is 2.66. The number of hydrogen-bond donors (Lipinski definition) is 0. The Kier molecular flexibility index (Phi) is 4.10. The van der Waals surface area contributed by atoms with E-state index in [9.17, 15) is 9.59 Å². The molecular formula is C19H20N2O2S. The normalized spacial score (nSPS) is 18.6. The smallest absolute Gasteiger partial charge is 0.263 e. The lowest BCUT2D eigenvalue weighted by Gasteiger charge is -2.40. The molecule has 4 rings (SSSR count). The highest BCUT2D eigenvalue weighted by molar-refractivity contribution is 7.12. The molecular weight excluding hydrogens is 320 g/mol. The van der Waals surface area contributed by atoms with Crippen LogP contribution in [-0.2, 0) is 6.42 Å². The molecule has 2 aromatic rings. The summed E-state index contributed by atoms with van der Waals surface area (Å²) >= 11 is 1.49. The SMILES string of the molecule is O=C(c1cccs1)N1CCC(N2CCc3ccccc3C2=O)CC1. The molecule has 4 nitrogen and oxygen atoms in total. The molecule has 1 aromatic heterocycles. The van der Waals surface area contributed by atoms with Gasteiger partial charge in [-0.05, 0) is 42.3 Å². The Hall–Kier alpha value is -2.14. The Labute approximate surface area is 145 Å². The third-order valence-electron chi connectivity index (χ3n) is 5.06. The van der Waals surface area contributed by atoms with Crippen LogP contribution in [-0.4, -0.2) is 47.3 Å². The van der Waals surface area contributed by atoms with E-state index in [1.807, 2.05) is 51.6 Å². The van der Waals surface area contributed by atoms with Crippen LogP contribution in [0.1, 0.15) is 38.4 Å². The van der Waals surface area contributed by atoms with E-state index in [0.29, 0.717) is 0 Å². The number of carbonyl (C=O) groups excluding carboxylic acids is 2. The largest absolute Gasteiger partial charge is 0.338 e. The number of nitrogens with zero attached hydrogens (tertiary/aromatic N) is 2. The van der Waals surface area contributed by atoms with Crippen molar-refractivity contribution in [1.82, 2.24) is 9.80 Å². The number of benzene rings is 1. The predicted octanol–water partition coefficient (Wildman–Crippen LogP) is 3.05. The minimum atomic E-state index is 0.124. The summed E-state index contributed by atoms with van der Waals surface area (Å²) in [7, 11) is 0. The van der Waals surface area contributed by atoms with E-state index in [0.717, 1.165) is 54.9 Å². The summed E-state index contributed by atoms with van der Waals surface area (Å²) in [6, 6.07) is 11.9. The van der Waals surface area contributed by atoms with Crippen LogP contribution < -0.4 is 0 Å². The molecule has 2 aliphatic heterocycles. The number of hydrogen-bond acceptors (Lipinski definition) is 3. The predicted molar refractivity (Wildman–Crippen MR) is 94.4 cm³/mol. The van der Waals surface area contributed by atoms with Crippen molar-refractivity contribution in [2.45, 2.75) is 25.3 Å². The third-order valence-corrected chi connectivity index (χ3v) is 5.91. The van der Waals surface area contributed by atoms with Gasteiger partial charge >= 0.3 is 0 Å². The monoisotopic (exact) mass is 340 g/mol. The van der Waals surface area contributed by atoms with Crippen molar-refractivity contribution in [3.63, 3.8) is 0 Å². The second-order valence-corrected chi connectivity index (χ2v) is 7.35. The first-order valence-corrected chi connectivity index (χ1v) is 9.33. The zero-order valence-electron chi connectivity index (χ0n) is 13.5. The van der Waals surface area contributed by atoms with Crippen LogP contribution in [0.4, 0.5) is 0 Å². The van der Waals surface area contributed by atoms with E-state index < -0.39 is 0 Å². The lowest BCUT2D eigenvalue weighted by Crippen LogP contribution is -2.50. The third kappa shape index (κ3) is 2.73. The fourth-order valence-corrected chi connectivity index (χ4v) is 4.42. The summed E-state index contributed by atoms with van der Waals surface area (Å²) in [5.41, 5.74) is 2.00. The van der Waals surface area contributed by atoms with Gasteiger partial charge in [0.25, 0.3) is 11.8 Å². The minimum absolute atomic E-state index is 0.124. The number of amides is 2. The molecule has 3 heterocycles. The molecule has 0 N–H and O–H groups in total. The standard InChI is InChI=1S/C19H20N2O2S/c22-18-16-5-2-1-4-14(16)7-12-21(18)15-8-10-20(11-9-15)19(23)17-6-3-13-24-17/h1-6,13,15H,7-12H2. The number of piperidine rings is 1. The van der Waals surface area contributed by atoms with Gasteiger partial charge in [0.05, 0.1) is 4.88 Å². The highest BCUT2D eigenvalue weighted by Gasteiger charge is 2.33. The van der Waals surface area contributed by atoms with Crippen LogP contribution in [0.15, 0.2) is 41.8 Å². The maximum Gasteiger partial charge on any atom is 0.263 e. The van der Waals surface area contributed by atoms with Crippen molar-refractivity contribution in [2.24, 2.45) is 0 Å². The Morgan fingerprint density at radius 1 is 1.04 bits per heavy atom. The van der Waals surface area contributed by atoms with Crippen molar-refractivity contribution in [3.05, 3.63) is 57.8 Å². The molecule has 1 aromatic carbocycles. The molecule has 1 saturated heterocycles. The molecule has 0 radical (unpaired) electrons. The quantitative estimate of drug-likeness (QED) is 0.843. The highest BCUT2D eigenvalue weighted by Crippen LogP contribution is 2.26. The molecule has 0 saturated carbocycles. The van der Waals surface area contributed by atoms with Gasteiger partial charge in [-0.1, -0.05) is 24.3 Å². The number of likely N-dealkylation sites (tertiary alicyclic amines) is 1. The van der Waals surface area contributed by atoms with Gasteiger partial charge in [-0.15, -0.1) is 11.3 Å². The number of fused-ring (bicyclic) bond motifs is 1. The maximum atomic E-state index is 12.8. The number of thiophene rings is 1. The van der Waals surface area contributed by atoms with Crippen LogP contribution in [0.5, 0.6) is 0 Å². The van der Waals surface area contributed by atoms with Gasteiger partial charge in [0.15, 0.2) is 0 Å². The lowest BCUT2D eigenvalue weighted by atomic mass is 9.95. The Morgan fingerprint density at radius 2 is 1.83 bits per heavy atom. The van der Waals surface area contributed by atoms with Gasteiger partial charge in [0.1, 0.15) is 0 Å². The molecule has 0 bridgehead atoms. The maximum absolute atomic E-state index is 12.8. The van der Waals surface area contributed by atoms with E-state index in [4.69, 9.17) is 0 Å². The molecule has 124 valence electrons. The van der Waals surface area contributed by atoms with Gasteiger partial charge in [0, 0.05) is 31.2 Å². The first-order chi connectivity index (χ1) is 11.7. The van der Waals surface area contributed by atoms with E-state index >= 15 is 0 Å². The Balaban J connectivity index is 1.42. The number of rotatable bonds is 2. The molecule has 2 aliphatic rings. The van der Waals surface area contributed by atoms with Crippen LogP contribution in [0.25, 0.3) is 0 Å². The summed E-state index contributed by atoms with van der Waals surface area (Å²) in [4.78, 5) is 29.9. The molecule has 1 fully saturated rings. The zero-order valence-corrected chi connectivity index (χ0v) is 14.3. The molecule has 2 amide bonds. The summed E-state index contributed by atoms with van der Waals surface area (Å²) in [6.45, 7) is 2.25. The van der Waals surface area contributed by atoms with E-state index in [2.05, 4.69) is 0 Å². The lowest BCUT2D eigenvalue weighted by molar-refractivity contribution is 0.0507. The van der Waals surface area contributed by atoms with Gasteiger partial charge in [-0.3, -0.25) is 9.59 Å². The summed E-state index contributed by atoms with van der Waals surface area (Å²) < 4.78 is 0. The zero-order chi connectivity index (χ0) is 16.5. The fourth-order valence-electron chi connectivity index (χ4n) is 3.73. The van der Waals surface area contributed by atoms with E-state index in [-0.39, 0.29) is 17.9 Å². The second-order valence-electron chi connectivity index (χ2n) is 6.41. The van der Waals surface area contributed by atoms with Gasteiger partial charge in [0.2, 0.25) is 0 Å². The van der Waals surface area contributed by atoms with Crippen LogP contribution in [0.3, 0.4) is 0 Å². The first-order valence-electron chi connectivity index (χ1n) is 8.45. The van der Waals surface area contributed by atoms with Crippen molar-refractivity contribution >= 4 is 23.2 Å². The van der Waals surface area contributed by atoms with Gasteiger partial charge < -0.3 is 9.80 Å². The van der Waals surface area contributed by atoms with Crippen LogP contribution in [0.2, 0.25) is 0 Å². The average Bonchev–Trinajstić information content (AvgIpc) is 3.17. The summed E-state index contributed by atoms with van der Waals surface area (Å²) in [5.74, 6) is 0.277. The topological polar surface area (TPSA) is 40.6 Å². The first kappa shape index (κ1) is 15.4. The Morgan fingerprint density at radius 3 is 2.58 bits per heavy atom. The molecule has 24 heavy (non-hydrogen) atoms. The molecule has 0 spiro atoms. The van der Waals surface area contributed by atoms with Gasteiger partial charge in [-0.25, -0.2) is 0 Å². The Bertz CT molecular complexity index is 748. The molecule has 0 unspecified atom stereocenters.